The zero-order valence-electron chi connectivity index (χ0n) is 10.5. The summed E-state index contributed by atoms with van der Waals surface area (Å²) >= 11 is 0. The summed E-state index contributed by atoms with van der Waals surface area (Å²) in [5.41, 5.74) is 10.1. The molecule has 0 bridgehead atoms. The highest BCUT2D eigenvalue weighted by Crippen LogP contribution is 2.18. The van der Waals surface area contributed by atoms with Gasteiger partial charge in [-0.25, -0.2) is 0 Å². The minimum absolute atomic E-state index is 0.229. The number of nitrogens with two attached hydrogens (primary N) is 2. The number of hydrogen-bond donors (Lipinski definition) is 3. The lowest BCUT2D eigenvalue weighted by Gasteiger charge is -2.31. The minimum atomic E-state index is -0.651. The number of hydrogen-bond acceptors (Lipinski definition) is 4. The fourth-order valence-electron chi connectivity index (χ4n) is 2.19. The van der Waals surface area contributed by atoms with Crippen LogP contribution in [0.4, 0.5) is 0 Å². The molecule has 0 aliphatic carbocycles. The summed E-state index contributed by atoms with van der Waals surface area (Å²) in [7, 11) is 0. The maximum absolute atomic E-state index is 12.2. The van der Waals surface area contributed by atoms with Crippen LogP contribution >= 0.6 is 0 Å². The van der Waals surface area contributed by atoms with Crippen molar-refractivity contribution in [3.05, 3.63) is 0 Å². The number of amides is 3. The van der Waals surface area contributed by atoms with Gasteiger partial charge in [0.25, 0.3) is 0 Å². The molecular weight excluding hydrogens is 236 g/mol. The zero-order valence-corrected chi connectivity index (χ0v) is 10.5. The average Bonchev–Trinajstić information content (AvgIpc) is 2.26. The molecule has 0 spiro atoms. The van der Waals surface area contributed by atoms with Gasteiger partial charge in [-0.05, 0) is 18.9 Å². The molecule has 0 saturated carbocycles. The van der Waals surface area contributed by atoms with E-state index in [1.54, 1.807) is 0 Å². The Hall–Kier alpha value is -1.63. The van der Waals surface area contributed by atoms with Crippen molar-refractivity contribution in [1.82, 2.24) is 10.2 Å². The standard InChI is InChI=1S/C11H20N4O3/c1-7-2-8(4-14-3-7)11(18)15(5-9(12)16)6-10(13)17/h7-8,14H,2-6H2,1H3,(H2,12,16)(H2,13,17). The van der Waals surface area contributed by atoms with Gasteiger partial charge in [0.2, 0.25) is 17.7 Å². The van der Waals surface area contributed by atoms with Crippen molar-refractivity contribution in [3.8, 4) is 0 Å². The lowest BCUT2D eigenvalue weighted by molar-refractivity contribution is -0.142. The molecule has 18 heavy (non-hydrogen) atoms. The largest absolute Gasteiger partial charge is 0.368 e. The molecule has 1 aliphatic rings. The van der Waals surface area contributed by atoms with E-state index in [1.807, 2.05) is 6.92 Å². The molecule has 102 valence electrons. The fraction of sp³-hybridized carbons (Fsp3) is 0.727. The monoisotopic (exact) mass is 256 g/mol. The molecule has 0 aromatic carbocycles. The topological polar surface area (TPSA) is 119 Å². The Kier molecular flexibility index (Phi) is 5.08. The van der Waals surface area contributed by atoms with E-state index in [-0.39, 0.29) is 24.9 Å². The molecular formula is C11H20N4O3. The summed E-state index contributed by atoms with van der Waals surface area (Å²) in [6.45, 7) is 2.92. The highest BCUT2D eigenvalue weighted by atomic mass is 16.2. The van der Waals surface area contributed by atoms with Gasteiger partial charge in [0.15, 0.2) is 0 Å². The second-order valence-electron chi connectivity index (χ2n) is 4.82. The van der Waals surface area contributed by atoms with Crippen LogP contribution in [-0.2, 0) is 14.4 Å². The Balaban J connectivity index is 2.67. The van der Waals surface area contributed by atoms with Gasteiger partial charge < -0.3 is 21.7 Å². The molecule has 1 rings (SSSR count). The number of nitrogens with zero attached hydrogens (tertiary/aromatic N) is 1. The molecule has 1 saturated heterocycles. The van der Waals surface area contributed by atoms with Crippen molar-refractivity contribution in [1.29, 1.82) is 0 Å². The molecule has 0 aromatic rings. The molecule has 7 heteroatoms. The zero-order chi connectivity index (χ0) is 13.7. The summed E-state index contributed by atoms with van der Waals surface area (Å²) in [5, 5.41) is 3.15. The Morgan fingerprint density at radius 1 is 1.17 bits per heavy atom. The third-order valence-electron chi connectivity index (χ3n) is 2.92. The van der Waals surface area contributed by atoms with Crippen LogP contribution in [-0.4, -0.2) is 48.8 Å². The molecule has 1 fully saturated rings. The third-order valence-corrected chi connectivity index (χ3v) is 2.92. The maximum atomic E-state index is 12.2. The van der Waals surface area contributed by atoms with Gasteiger partial charge in [-0.2, -0.15) is 0 Å². The molecule has 3 amide bonds. The van der Waals surface area contributed by atoms with Crippen molar-refractivity contribution < 1.29 is 14.4 Å². The first-order chi connectivity index (χ1) is 8.40. The quantitative estimate of drug-likeness (QED) is 0.528. The fourth-order valence-corrected chi connectivity index (χ4v) is 2.19. The van der Waals surface area contributed by atoms with E-state index < -0.39 is 11.8 Å². The Bertz CT molecular complexity index is 329. The van der Waals surface area contributed by atoms with E-state index in [9.17, 15) is 14.4 Å². The molecule has 7 nitrogen and oxygen atoms in total. The van der Waals surface area contributed by atoms with Gasteiger partial charge in [-0.1, -0.05) is 6.92 Å². The molecule has 5 N–H and O–H groups in total. The van der Waals surface area contributed by atoms with Gasteiger partial charge in [0, 0.05) is 6.54 Å². The van der Waals surface area contributed by atoms with E-state index in [4.69, 9.17) is 11.5 Å². The summed E-state index contributed by atoms with van der Waals surface area (Å²) in [6.07, 6.45) is 0.736. The highest BCUT2D eigenvalue weighted by Gasteiger charge is 2.29. The van der Waals surface area contributed by atoms with Crippen molar-refractivity contribution in [2.24, 2.45) is 23.3 Å². The first-order valence-corrected chi connectivity index (χ1v) is 5.96. The molecule has 1 aliphatic heterocycles. The van der Waals surface area contributed by atoms with Gasteiger partial charge >= 0.3 is 0 Å². The first-order valence-electron chi connectivity index (χ1n) is 5.96. The lowest BCUT2D eigenvalue weighted by Crippen LogP contribution is -2.49. The van der Waals surface area contributed by atoms with Crippen LogP contribution in [0.1, 0.15) is 13.3 Å². The van der Waals surface area contributed by atoms with E-state index in [0.29, 0.717) is 12.5 Å². The molecule has 2 unspecified atom stereocenters. The predicted molar refractivity (Wildman–Crippen MR) is 65.1 cm³/mol. The summed E-state index contributed by atoms with van der Waals surface area (Å²) in [6, 6.07) is 0. The van der Waals surface area contributed by atoms with Gasteiger partial charge in [0.05, 0.1) is 19.0 Å². The number of piperidine rings is 1. The van der Waals surface area contributed by atoms with Gasteiger partial charge in [-0.3, -0.25) is 14.4 Å². The normalized spacial score (nSPS) is 23.4. The van der Waals surface area contributed by atoms with Crippen molar-refractivity contribution in [2.45, 2.75) is 13.3 Å². The Labute approximate surface area is 106 Å². The number of carbonyl (C=O) groups is 3. The summed E-state index contributed by atoms with van der Waals surface area (Å²) in [5.74, 6) is -1.39. The van der Waals surface area contributed by atoms with Gasteiger partial charge in [0.1, 0.15) is 0 Å². The third kappa shape index (κ3) is 4.33. The number of rotatable bonds is 5. The average molecular weight is 256 g/mol. The Morgan fingerprint density at radius 3 is 2.17 bits per heavy atom. The van der Waals surface area contributed by atoms with Crippen LogP contribution in [0.25, 0.3) is 0 Å². The van der Waals surface area contributed by atoms with Crippen LogP contribution in [0, 0.1) is 11.8 Å². The Morgan fingerprint density at radius 2 is 1.72 bits per heavy atom. The van der Waals surface area contributed by atoms with Crippen molar-refractivity contribution >= 4 is 17.7 Å². The van der Waals surface area contributed by atoms with E-state index in [0.717, 1.165) is 17.9 Å². The minimum Gasteiger partial charge on any atom is -0.368 e. The second-order valence-corrected chi connectivity index (χ2v) is 4.82. The summed E-state index contributed by atoms with van der Waals surface area (Å²) in [4.78, 5) is 35.1. The smallest absolute Gasteiger partial charge is 0.237 e. The maximum Gasteiger partial charge on any atom is 0.237 e. The SMILES string of the molecule is CC1CNCC(C(=O)N(CC(N)=O)CC(N)=O)C1. The number of carbonyl (C=O) groups excluding carboxylic acids is 3. The number of nitrogens with one attached hydrogen (secondary N) is 1. The van der Waals surface area contributed by atoms with Crippen molar-refractivity contribution in [2.75, 3.05) is 26.2 Å². The molecule has 0 radical (unpaired) electrons. The van der Waals surface area contributed by atoms with Crippen LogP contribution in [0.2, 0.25) is 0 Å². The van der Waals surface area contributed by atoms with Crippen LogP contribution in [0.3, 0.4) is 0 Å². The molecule has 1 heterocycles. The van der Waals surface area contributed by atoms with Crippen molar-refractivity contribution in [3.63, 3.8) is 0 Å². The van der Waals surface area contributed by atoms with Crippen LogP contribution in [0.15, 0.2) is 0 Å². The molecule has 0 aromatic heterocycles. The molecule has 2 atom stereocenters. The van der Waals surface area contributed by atoms with Gasteiger partial charge in [-0.15, -0.1) is 0 Å². The highest BCUT2D eigenvalue weighted by molar-refractivity contribution is 5.89. The van der Waals surface area contributed by atoms with Crippen LogP contribution in [0.5, 0.6) is 0 Å². The number of primary amides is 2. The summed E-state index contributed by atoms with van der Waals surface area (Å²) < 4.78 is 0. The lowest BCUT2D eigenvalue weighted by atomic mass is 9.91. The second kappa shape index (κ2) is 6.34. The van der Waals surface area contributed by atoms with E-state index in [2.05, 4.69) is 5.32 Å². The first kappa shape index (κ1) is 14.4. The van der Waals surface area contributed by atoms with Crippen LogP contribution < -0.4 is 16.8 Å². The predicted octanol–water partition coefficient (Wildman–Crippen LogP) is -1.97. The van der Waals surface area contributed by atoms with E-state index >= 15 is 0 Å². The van der Waals surface area contributed by atoms with E-state index in [1.165, 1.54) is 0 Å².